The van der Waals surface area contributed by atoms with Crippen LogP contribution in [0.3, 0.4) is 0 Å². The molecule has 2 N–H and O–H groups in total. The molecule has 1 aromatic heterocycles. The van der Waals surface area contributed by atoms with E-state index in [0.29, 0.717) is 12.5 Å². The third kappa shape index (κ3) is 2.53. The van der Waals surface area contributed by atoms with Crippen LogP contribution < -0.4 is 5.73 Å². The molecule has 1 aliphatic rings. The SMILES string of the molecule is CC1CCC(c2ncc(CN)cn2)CC1. The second kappa shape index (κ2) is 4.71. The van der Waals surface area contributed by atoms with Gasteiger partial charge in [-0.15, -0.1) is 0 Å². The van der Waals surface area contributed by atoms with E-state index >= 15 is 0 Å². The fourth-order valence-corrected chi connectivity index (χ4v) is 2.20. The molecule has 15 heavy (non-hydrogen) atoms. The van der Waals surface area contributed by atoms with Gasteiger partial charge in [-0.05, 0) is 18.8 Å². The third-order valence-electron chi connectivity index (χ3n) is 3.34. The number of hydrogen-bond donors (Lipinski definition) is 1. The van der Waals surface area contributed by atoms with Gasteiger partial charge >= 0.3 is 0 Å². The van der Waals surface area contributed by atoms with Crippen molar-refractivity contribution in [3.63, 3.8) is 0 Å². The van der Waals surface area contributed by atoms with Gasteiger partial charge in [-0.2, -0.15) is 0 Å². The van der Waals surface area contributed by atoms with Gasteiger partial charge < -0.3 is 5.73 Å². The third-order valence-corrected chi connectivity index (χ3v) is 3.34. The largest absolute Gasteiger partial charge is 0.326 e. The molecule has 0 atom stereocenters. The lowest BCUT2D eigenvalue weighted by Crippen LogP contribution is -2.13. The van der Waals surface area contributed by atoms with Gasteiger partial charge in [-0.3, -0.25) is 0 Å². The predicted molar refractivity (Wildman–Crippen MR) is 60.3 cm³/mol. The number of rotatable bonds is 2. The van der Waals surface area contributed by atoms with Crippen molar-refractivity contribution < 1.29 is 0 Å². The topological polar surface area (TPSA) is 51.8 Å². The maximum absolute atomic E-state index is 5.52. The lowest BCUT2D eigenvalue weighted by molar-refractivity contribution is 0.339. The molecule has 1 aromatic rings. The standard InChI is InChI=1S/C12H19N3/c1-9-2-4-11(5-3-9)12-14-7-10(6-13)8-15-12/h7-9,11H,2-6,13H2,1H3. The zero-order chi connectivity index (χ0) is 10.7. The van der Waals surface area contributed by atoms with Crippen molar-refractivity contribution in [1.29, 1.82) is 0 Å². The molecular formula is C12H19N3. The zero-order valence-electron chi connectivity index (χ0n) is 9.32. The summed E-state index contributed by atoms with van der Waals surface area (Å²) in [4.78, 5) is 8.81. The summed E-state index contributed by atoms with van der Waals surface area (Å²) < 4.78 is 0. The summed E-state index contributed by atoms with van der Waals surface area (Å²) in [6.07, 6.45) is 8.83. The molecule has 0 bridgehead atoms. The van der Waals surface area contributed by atoms with Crippen molar-refractivity contribution in [3.8, 4) is 0 Å². The maximum Gasteiger partial charge on any atom is 0.131 e. The van der Waals surface area contributed by atoms with Crippen LogP contribution in [0.2, 0.25) is 0 Å². The van der Waals surface area contributed by atoms with Gasteiger partial charge in [0.2, 0.25) is 0 Å². The van der Waals surface area contributed by atoms with E-state index in [0.717, 1.165) is 17.3 Å². The smallest absolute Gasteiger partial charge is 0.131 e. The first-order valence-corrected chi connectivity index (χ1v) is 5.80. The molecule has 2 rings (SSSR count). The molecule has 3 nitrogen and oxygen atoms in total. The summed E-state index contributed by atoms with van der Waals surface area (Å²) in [5, 5.41) is 0. The van der Waals surface area contributed by atoms with Crippen LogP contribution in [0.4, 0.5) is 0 Å². The van der Waals surface area contributed by atoms with E-state index < -0.39 is 0 Å². The van der Waals surface area contributed by atoms with E-state index in [-0.39, 0.29) is 0 Å². The van der Waals surface area contributed by atoms with E-state index in [2.05, 4.69) is 16.9 Å². The molecule has 0 unspecified atom stereocenters. The number of nitrogens with two attached hydrogens (primary N) is 1. The summed E-state index contributed by atoms with van der Waals surface area (Å²) in [7, 11) is 0. The van der Waals surface area contributed by atoms with E-state index in [1.807, 2.05) is 12.4 Å². The fraction of sp³-hybridized carbons (Fsp3) is 0.667. The molecule has 3 heteroatoms. The summed E-state index contributed by atoms with van der Waals surface area (Å²) in [5.74, 6) is 2.47. The highest BCUT2D eigenvalue weighted by atomic mass is 14.9. The molecule has 1 aliphatic carbocycles. The van der Waals surface area contributed by atoms with Crippen LogP contribution in [0, 0.1) is 5.92 Å². The van der Waals surface area contributed by atoms with Crippen molar-refractivity contribution in [2.75, 3.05) is 0 Å². The summed E-state index contributed by atoms with van der Waals surface area (Å²) in [5.41, 5.74) is 6.53. The second-order valence-electron chi connectivity index (χ2n) is 4.61. The lowest BCUT2D eigenvalue weighted by Gasteiger charge is -2.24. The zero-order valence-corrected chi connectivity index (χ0v) is 9.32. The van der Waals surface area contributed by atoms with Crippen LogP contribution in [-0.4, -0.2) is 9.97 Å². The Bertz CT molecular complexity index is 299. The van der Waals surface area contributed by atoms with E-state index in [4.69, 9.17) is 5.73 Å². The minimum atomic E-state index is 0.530. The lowest BCUT2D eigenvalue weighted by atomic mass is 9.82. The fourth-order valence-electron chi connectivity index (χ4n) is 2.20. The Morgan fingerprint density at radius 2 is 1.80 bits per heavy atom. The van der Waals surface area contributed by atoms with Crippen LogP contribution in [0.25, 0.3) is 0 Å². The molecule has 0 aromatic carbocycles. The van der Waals surface area contributed by atoms with Crippen molar-refractivity contribution in [1.82, 2.24) is 9.97 Å². The van der Waals surface area contributed by atoms with Crippen LogP contribution in [-0.2, 0) is 6.54 Å². The maximum atomic E-state index is 5.52. The van der Waals surface area contributed by atoms with Crippen molar-refractivity contribution in [2.45, 2.75) is 45.1 Å². The normalized spacial score (nSPS) is 26.5. The predicted octanol–water partition coefficient (Wildman–Crippen LogP) is 2.23. The molecule has 1 heterocycles. The Balaban J connectivity index is 2.03. The summed E-state index contributed by atoms with van der Waals surface area (Å²) in [6, 6.07) is 0. The second-order valence-corrected chi connectivity index (χ2v) is 4.61. The van der Waals surface area contributed by atoms with Gasteiger partial charge in [0, 0.05) is 30.4 Å². The number of aromatic nitrogens is 2. The molecule has 0 amide bonds. The molecule has 82 valence electrons. The van der Waals surface area contributed by atoms with Crippen molar-refractivity contribution >= 4 is 0 Å². The molecule has 0 saturated heterocycles. The molecule has 0 aliphatic heterocycles. The van der Waals surface area contributed by atoms with E-state index in [9.17, 15) is 0 Å². The Labute approximate surface area is 91.1 Å². The van der Waals surface area contributed by atoms with Gasteiger partial charge in [0.25, 0.3) is 0 Å². The molecule has 1 fully saturated rings. The molecule has 1 saturated carbocycles. The van der Waals surface area contributed by atoms with Gasteiger partial charge in [-0.25, -0.2) is 9.97 Å². The average molecular weight is 205 g/mol. The van der Waals surface area contributed by atoms with Gasteiger partial charge in [0.15, 0.2) is 0 Å². The van der Waals surface area contributed by atoms with Crippen LogP contribution in [0.1, 0.15) is 49.9 Å². The molecular weight excluding hydrogens is 186 g/mol. The Hall–Kier alpha value is -0.960. The number of hydrogen-bond acceptors (Lipinski definition) is 3. The van der Waals surface area contributed by atoms with Gasteiger partial charge in [-0.1, -0.05) is 19.8 Å². The Morgan fingerprint density at radius 1 is 1.20 bits per heavy atom. The minimum Gasteiger partial charge on any atom is -0.326 e. The average Bonchev–Trinajstić information content (AvgIpc) is 2.30. The quantitative estimate of drug-likeness (QED) is 0.805. The van der Waals surface area contributed by atoms with Crippen molar-refractivity contribution in [3.05, 3.63) is 23.8 Å². The first-order valence-electron chi connectivity index (χ1n) is 5.80. The number of nitrogens with zero attached hydrogens (tertiary/aromatic N) is 2. The van der Waals surface area contributed by atoms with Crippen LogP contribution in [0.15, 0.2) is 12.4 Å². The molecule has 0 radical (unpaired) electrons. The van der Waals surface area contributed by atoms with E-state index in [1.165, 1.54) is 25.7 Å². The highest BCUT2D eigenvalue weighted by Gasteiger charge is 2.21. The van der Waals surface area contributed by atoms with Crippen LogP contribution >= 0.6 is 0 Å². The highest BCUT2D eigenvalue weighted by molar-refractivity contribution is 5.07. The van der Waals surface area contributed by atoms with Gasteiger partial charge in [0.1, 0.15) is 5.82 Å². The van der Waals surface area contributed by atoms with Gasteiger partial charge in [0.05, 0.1) is 0 Å². The van der Waals surface area contributed by atoms with Crippen molar-refractivity contribution in [2.24, 2.45) is 11.7 Å². The Kier molecular flexibility index (Phi) is 3.31. The summed E-state index contributed by atoms with van der Waals surface area (Å²) >= 11 is 0. The van der Waals surface area contributed by atoms with E-state index in [1.54, 1.807) is 0 Å². The molecule has 0 spiro atoms. The summed E-state index contributed by atoms with van der Waals surface area (Å²) in [6.45, 7) is 2.86. The minimum absolute atomic E-state index is 0.530. The Morgan fingerprint density at radius 3 is 2.33 bits per heavy atom. The first kappa shape index (κ1) is 10.6. The van der Waals surface area contributed by atoms with Crippen LogP contribution in [0.5, 0.6) is 0 Å². The monoisotopic (exact) mass is 205 g/mol. The first-order chi connectivity index (χ1) is 7.29. The highest BCUT2D eigenvalue weighted by Crippen LogP contribution is 2.33.